The van der Waals surface area contributed by atoms with E-state index in [1.807, 2.05) is 6.07 Å². The maximum absolute atomic E-state index is 12.6. The molecule has 2 heterocycles. The van der Waals surface area contributed by atoms with E-state index >= 15 is 0 Å². The first-order chi connectivity index (χ1) is 12.5. The van der Waals surface area contributed by atoms with Crippen molar-refractivity contribution in [1.82, 2.24) is 9.97 Å². The predicted molar refractivity (Wildman–Crippen MR) is 105 cm³/mol. The summed E-state index contributed by atoms with van der Waals surface area (Å²) in [5.74, 6) is 0.743. The maximum Gasteiger partial charge on any atom is 0.258 e. The van der Waals surface area contributed by atoms with E-state index in [1.54, 1.807) is 0 Å². The molecule has 2 aromatic carbocycles. The maximum atomic E-state index is 12.6. The van der Waals surface area contributed by atoms with E-state index in [9.17, 15) is 4.79 Å². The van der Waals surface area contributed by atoms with Gasteiger partial charge in [0.1, 0.15) is 5.82 Å². The second kappa shape index (κ2) is 5.44. The molecule has 2 aliphatic rings. The lowest BCUT2D eigenvalue weighted by Gasteiger charge is -2.22. The normalized spacial score (nSPS) is 17.5. The Balaban J connectivity index is 1.55. The Morgan fingerprint density at radius 2 is 1.92 bits per heavy atom. The molecular weight excluding hydrogens is 322 g/mol. The second-order valence-electron chi connectivity index (χ2n) is 8.26. The zero-order chi connectivity index (χ0) is 17.9. The second-order valence-corrected chi connectivity index (χ2v) is 8.26. The van der Waals surface area contributed by atoms with E-state index in [4.69, 9.17) is 4.98 Å². The van der Waals surface area contributed by atoms with Crippen molar-refractivity contribution < 1.29 is 0 Å². The fourth-order valence-electron chi connectivity index (χ4n) is 4.62. The predicted octanol–water partition coefficient (Wildman–Crippen LogP) is 3.71. The highest BCUT2D eigenvalue weighted by atomic mass is 16.1. The highest BCUT2D eigenvalue weighted by Gasteiger charge is 2.34. The van der Waals surface area contributed by atoms with Gasteiger partial charge in [-0.1, -0.05) is 32.0 Å². The van der Waals surface area contributed by atoms with Crippen molar-refractivity contribution >= 4 is 16.6 Å². The van der Waals surface area contributed by atoms with Gasteiger partial charge in [0.2, 0.25) is 0 Å². The minimum absolute atomic E-state index is 0.0218. The molecule has 0 saturated heterocycles. The number of anilines is 1. The van der Waals surface area contributed by atoms with Gasteiger partial charge in [-0.2, -0.15) is 0 Å². The van der Waals surface area contributed by atoms with E-state index in [1.165, 1.54) is 28.8 Å². The van der Waals surface area contributed by atoms with Crippen molar-refractivity contribution in [2.24, 2.45) is 0 Å². The van der Waals surface area contributed by atoms with Gasteiger partial charge in [0.05, 0.1) is 17.4 Å². The number of hydrogen-bond acceptors (Lipinski definition) is 3. The Labute approximate surface area is 152 Å². The fraction of sp³-hybridized carbons (Fsp3) is 0.364. The minimum atomic E-state index is -0.0218. The van der Waals surface area contributed by atoms with Crippen LogP contribution in [-0.2, 0) is 24.8 Å². The molecule has 0 amide bonds. The van der Waals surface area contributed by atoms with Crippen LogP contribution in [0.5, 0.6) is 0 Å². The molecule has 0 bridgehead atoms. The van der Waals surface area contributed by atoms with Gasteiger partial charge < -0.3 is 9.88 Å². The highest BCUT2D eigenvalue weighted by Crippen LogP contribution is 2.40. The molecule has 3 aromatic rings. The van der Waals surface area contributed by atoms with E-state index in [2.05, 4.69) is 54.1 Å². The van der Waals surface area contributed by atoms with Gasteiger partial charge in [0, 0.05) is 17.6 Å². The molecule has 1 aliphatic heterocycles. The number of nitrogens with zero attached hydrogens (tertiary/aromatic N) is 2. The topological polar surface area (TPSA) is 49.0 Å². The van der Waals surface area contributed by atoms with Gasteiger partial charge >= 0.3 is 0 Å². The molecule has 5 rings (SSSR count). The number of para-hydroxylation sites is 1. The third kappa shape index (κ3) is 2.36. The molecule has 0 radical (unpaired) electrons. The Hall–Kier alpha value is -2.62. The van der Waals surface area contributed by atoms with Crippen molar-refractivity contribution in [2.75, 3.05) is 11.4 Å². The first-order valence-electron chi connectivity index (χ1n) is 9.40. The number of aryl methyl sites for hydroxylation is 2. The lowest BCUT2D eigenvalue weighted by Crippen LogP contribution is -2.29. The monoisotopic (exact) mass is 345 g/mol. The van der Waals surface area contributed by atoms with E-state index < -0.39 is 0 Å². The van der Waals surface area contributed by atoms with E-state index in [0.29, 0.717) is 6.54 Å². The van der Waals surface area contributed by atoms with Crippen LogP contribution in [0, 0.1) is 0 Å². The molecule has 1 aromatic heterocycles. The summed E-state index contributed by atoms with van der Waals surface area (Å²) in [5, 5.41) is 0.719. The number of aromatic nitrogens is 2. The van der Waals surface area contributed by atoms with Gasteiger partial charge in [0.25, 0.3) is 5.56 Å². The molecule has 1 aliphatic carbocycles. The number of fused-ring (bicyclic) bond motifs is 3. The average molecular weight is 345 g/mol. The van der Waals surface area contributed by atoms with Crippen LogP contribution in [0.1, 0.15) is 42.8 Å². The Kier molecular flexibility index (Phi) is 3.27. The summed E-state index contributed by atoms with van der Waals surface area (Å²) in [6, 6.07) is 12.7. The van der Waals surface area contributed by atoms with Crippen molar-refractivity contribution in [3.05, 3.63) is 69.3 Å². The summed E-state index contributed by atoms with van der Waals surface area (Å²) in [6.07, 6.45) is 3.35. The van der Waals surface area contributed by atoms with Gasteiger partial charge in [-0.3, -0.25) is 4.79 Å². The van der Waals surface area contributed by atoms with E-state index in [-0.39, 0.29) is 11.0 Å². The minimum Gasteiger partial charge on any atom is -0.363 e. The standard InChI is InChI=1S/C22H23N3O/c1-22(2)13-25(19-9-4-3-8-17(19)22)12-20-23-18-11-15-7-5-6-14(15)10-16(18)21(26)24-20/h3-4,8-11H,5-7,12-13H2,1-2H3,(H,23,24,26). The van der Waals surface area contributed by atoms with Crippen LogP contribution >= 0.6 is 0 Å². The highest BCUT2D eigenvalue weighted by molar-refractivity contribution is 5.80. The first-order valence-corrected chi connectivity index (χ1v) is 9.40. The lowest BCUT2D eigenvalue weighted by atomic mass is 9.87. The third-order valence-corrected chi connectivity index (χ3v) is 5.87. The summed E-state index contributed by atoms with van der Waals surface area (Å²) in [6.45, 7) is 6.10. The largest absolute Gasteiger partial charge is 0.363 e. The van der Waals surface area contributed by atoms with Crippen LogP contribution in [-0.4, -0.2) is 16.5 Å². The molecule has 26 heavy (non-hydrogen) atoms. The Bertz CT molecular complexity index is 1080. The molecule has 132 valence electrons. The molecular formula is C22H23N3O. The Morgan fingerprint density at radius 1 is 1.15 bits per heavy atom. The number of aromatic amines is 1. The third-order valence-electron chi connectivity index (χ3n) is 5.87. The quantitative estimate of drug-likeness (QED) is 0.770. The average Bonchev–Trinajstić information content (AvgIpc) is 3.16. The number of benzene rings is 2. The van der Waals surface area contributed by atoms with Crippen LogP contribution in [0.3, 0.4) is 0 Å². The molecule has 4 nitrogen and oxygen atoms in total. The molecule has 0 atom stereocenters. The lowest BCUT2D eigenvalue weighted by molar-refractivity contribution is 0.547. The summed E-state index contributed by atoms with van der Waals surface area (Å²) in [7, 11) is 0. The molecule has 4 heteroatoms. The molecule has 0 saturated carbocycles. The van der Waals surface area contributed by atoms with Crippen molar-refractivity contribution in [1.29, 1.82) is 0 Å². The Morgan fingerprint density at radius 3 is 2.77 bits per heavy atom. The zero-order valence-corrected chi connectivity index (χ0v) is 15.3. The number of hydrogen-bond donors (Lipinski definition) is 1. The summed E-state index contributed by atoms with van der Waals surface area (Å²) >= 11 is 0. The first kappa shape index (κ1) is 15.6. The number of nitrogens with one attached hydrogen (secondary N) is 1. The fourth-order valence-corrected chi connectivity index (χ4v) is 4.62. The molecule has 0 spiro atoms. The van der Waals surface area contributed by atoms with Gasteiger partial charge in [-0.05, 0) is 54.2 Å². The number of H-pyrrole nitrogens is 1. The summed E-state index contributed by atoms with van der Waals surface area (Å²) in [4.78, 5) is 22.8. The summed E-state index contributed by atoms with van der Waals surface area (Å²) in [5.41, 5.74) is 6.19. The van der Waals surface area contributed by atoms with Crippen molar-refractivity contribution in [3.8, 4) is 0 Å². The molecule has 0 fully saturated rings. The van der Waals surface area contributed by atoms with E-state index in [0.717, 1.165) is 36.1 Å². The van der Waals surface area contributed by atoms with Gasteiger partial charge in [-0.15, -0.1) is 0 Å². The SMILES string of the molecule is CC1(C)CN(Cc2nc3cc4c(cc3c(=O)[nH]2)CCC4)c2ccccc21. The molecule has 1 N–H and O–H groups in total. The van der Waals surface area contributed by atoms with Crippen LogP contribution in [0.25, 0.3) is 10.9 Å². The van der Waals surface area contributed by atoms with Crippen LogP contribution in [0.2, 0.25) is 0 Å². The smallest absolute Gasteiger partial charge is 0.258 e. The summed E-state index contributed by atoms with van der Waals surface area (Å²) < 4.78 is 0. The van der Waals surface area contributed by atoms with Crippen molar-refractivity contribution in [3.63, 3.8) is 0 Å². The van der Waals surface area contributed by atoms with Crippen LogP contribution < -0.4 is 10.5 Å². The van der Waals surface area contributed by atoms with Crippen molar-refractivity contribution in [2.45, 2.75) is 45.1 Å². The van der Waals surface area contributed by atoms with Crippen LogP contribution in [0.4, 0.5) is 5.69 Å². The number of rotatable bonds is 2. The zero-order valence-electron chi connectivity index (χ0n) is 15.3. The van der Waals surface area contributed by atoms with Crippen LogP contribution in [0.15, 0.2) is 41.2 Å². The van der Waals surface area contributed by atoms with Gasteiger partial charge in [0.15, 0.2) is 0 Å². The van der Waals surface area contributed by atoms with Gasteiger partial charge in [-0.25, -0.2) is 4.98 Å². The molecule has 0 unspecified atom stereocenters.